The number of rotatable bonds is 8. The molecule has 2 fully saturated rings. The van der Waals surface area contributed by atoms with Crippen LogP contribution in [0.15, 0.2) is 24.3 Å². The second-order valence-electron chi connectivity index (χ2n) is 8.44. The maximum atomic E-state index is 12.5. The van der Waals surface area contributed by atoms with E-state index in [9.17, 15) is 9.59 Å². The summed E-state index contributed by atoms with van der Waals surface area (Å²) in [6, 6.07) is 7.35. The molecule has 0 saturated carbocycles. The van der Waals surface area contributed by atoms with Crippen LogP contribution in [0.5, 0.6) is 0 Å². The maximum Gasteiger partial charge on any atom is 0.164 e. The molecular weight excluding hydrogens is 348 g/mol. The lowest BCUT2D eigenvalue weighted by Crippen LogP contribution is -2.27. The van der Waals surface area contributed by atoms with Crippen LogP contribution in [-0.2, 0) is 0 Å². The van der Waals surface area contributed by atoms with E-state index in [1.807, 2.05) is 24.3 Å². The summed E-state index contributed by atoms with van der Waals surface area (Å²) in [5, 5.41) is 0. The maximum absolute atomic E-state index is 12.5. The summed E-state index contributed by atoms with van der Waals surface area (Å²) >= 11 is 0. The van der Waals surface area contributed by atoms with E-state index in [1.54, 1.807) is 0 Å². The summed E-state index contributed by atoms with van der Waals surface area (Å²) in [4.78, 5) is 29.8. The van der Waals surface area contributed by atoms with Crippen molar-refractivity contribution in [2.75, 3.05) is 39.3 Å². The minimum Gasteiger partial charge on any atom is -0.303 e. The molecule has 0 radical (unpaired) electrons. The molecule has 2 aliphatic rings. The van der Waals surface area contributed by atoms with Crippen molar-refractivity contribution < 1.29 is 9.59 Å². The molecule has 0 aromatic heterocycles. The van der Waals surface area contributed by atoms with Gasteiger partial charge in [-0.05, 0) is 51.9 Å². The summed E-state index contributed by atoms with van der Waals surface area (Å²) in [5.41, 5.74) is 1.47. The Morgan fingerprint density at radius 1 is 0.571 bits per heavy atom. The van der Waals surface area contributed by atoms with Crippen LogP contribution in [0.25, 0.3) is 0 Å². The Morgan fingerprint density at radius 3 is 1.21 bits per heavy atom. The zero-order valence-corrected chi connectivity index (χ0v) is 17.3. The van der Waals surface area contributed by atoms with Crippen LogP contribution in [0.4, 0.5) is 0 Å². The molecule has 3 rings (SSSR count). The molecule has 0 aliphatic carbocycles. The van der Waals surface area contributed by atoms with Crippen LogP contribution in [0.2, 0.25) is 0 Å². The summed E-state index contributed by atoms with van der Waals surface area (Å²) in [6.07, 6.45) is 11.4. The van der Waals surface area contributed by atoms with Crippen molar-refractivity contribution in [3.05, 3.63) is 35.4 Å². The zero-order valence-electron chi connectivity index (χ0n) is 17.3. The van der Waals surface area contributed by atoms with Crippen LogP contribution in [0.3, 0.4) is 0 Å². The van der Waals surface area contributed by atoms with E-state index in [4.69, 9.17) is 0 Å². The highest BCUT2D eigenvalue weighted by molar-refractivity contribution is 5.99. The minimum absolute atomic E-state index is 0.188. The number of hydrogen-bond acceptors (Lipinski definition) is 4. The van der Waals surface area contributed by atoms with Crippen molar-refractivity contribution in [2.45, 2.75) is 64.2 Å². The Balaban J connectivity index is 1.43. The molecular formula is C24H36N2O2. The van der Waals surface area contributed by atoms with Crippen molar-refractivity contribution in [1.29, 1.82) is 0 Å². The average molecular weight is 385 g/mol. The van der Waals surface area contributed by atoms with E-state index in [0.717, 1.165) is 50.4 Å². The first-order valence-corrected chi connectivity index (χ1v) is 11.3. The third kappa shape index (κ3) is 6.82. The van der Waals surface area contributed by atoms with Crippen LogP contribution in [0, 0.1) is 0 Å². The van der Waals surface area contributed by atoms with Crippen LogP contribution < -0.4 is 0 Å². The van der Waals surface area contributed by atoms with E-state index in [-0.39, 0.29) is 11.6 Å². The van der Waals surface area contributed by atoms with Gasteiger partial charge in [0.15, 0.2) is 11.6 Å². The molecule has 0 amide bonds. The molecule has 0 spiro atoms. The molecule has 2 aliphatic heterocycles. The van der Waals surface area contributed by atoms with Gasteiger partial charge in [0.25, 0.3) is 0 Å². The topological polar surface area (TPSA) is 40.6 Å². The largest absolute Gasteiger partial charge is 0.303 e. The predicted molar refractivity (Wildman–Crippen MR) is 114 cm³/mol. The summed E-state index contributed by atoms with van der Waals surface area (Å²) in [6.45, 7) is 6.20. The van der Waals surface area contributed by atoms with Crippen molar-refractivity contribution in [3.8, 4) is 0 Å². The van der Waals surface area contributed by atoms with Gasteiger partial charge in [0.05, 0.1) is 0 Å². The van der Waals surface area contributed by atoms with Gasteiger partial charge in [0.1, 0.15) is 0 Å². The number of nitrogens with zero attached hydrogens (tertiary/aromatic N) is 2. The second-order valence-corrected chi connectivity index (χ2v) is 8.44. The molecule has 154 valence electrons. The van der Waals surface area contributed by atoms with Crippen molar-refractivity contribution >= 4 is 11.6 Å². The highest BCUT2D eigenvalue weighted by atomic mass is 16.1. The predicted octanol–water partition coefficient (Wildman–Crippen LogP) is 4.58. The monoisotopic (exact) mass is 384 g/mol. The molecule has 2 saturated heterocycles. The summed E-state index contributed by atoms with van der Waals surface area (Å²) in [7, 11) is 0. The van der Waals surface area contributed by atoms with Gasteiger partial charge < -0.3 is 9.80 Å². The molecule has 0 bridgehead atoms. The molecule has 1 aromatic carbocycles. The van der Waals surface area contributed by atoms with Gasteiger partial charge in [-0.15, -0.1) is 0 Å². The molecule has 4 nitrogen and oxygen atoms in total. The molecule has 0 atom stereocenters. The number of Topliss-reactive ketones (excluding diaryl/α,β-unsaturated/α-hetero) is 2. The third-order valence-corrected chi connectivity index (χ3v) is 6.24. The standard InChI is InChI=1S/C24H36N2O2/c27-23(13-19-25-15-5-1-2-6-16-25)21-9-11-22(12-10-21)24(28)14-20-26-17-7-3-4-8-18-26/h9-12H,1-8,13-20H2. The minimum atomic E-state index is 0.188. The highest BCUT2D eigenvalue weighted by Gasteiger charge is 2.14. The molecule has 0 N–H and O–H groups in total. The van der Waals surface area contributed by atoms with Crippen LogP contribution in [-0.4, -0.2) is 60.6 Å². The average Bonchev–Trinajstić information content (AvgIpc) is 3.15. The number of carbonyl (C=O) groups excluding carboxylic acids is 2. The van der Waals surface area contributed by atoms with Crippen molar-refractivity contribution in [2.24, 2.45) is 0 Å². The fourth-order valence-corrected chi connectivity index (χ4v) is 4.37. The van der Waals surface area contributed by atoms with E-state index in [2.05, 4.69) is 9.80 Å². The molecule has 1 aromatic rings. The van der Waals surface area contributed by atoms with Gasteiger partial charge in [-0.25, -0.2) is 0 Å². The first kappa shape index (κ1) is 21.2. The lowest BCUT2D eigenvalue weighted by atomic mass is 10.0. The van der Waals surface area contributed by atoms with E-state index in [1.165, 1.54) is 51.4 Å². The fourth-order valence-electron chi connectivity index (χ4n) is 4.37. The number of ketones is 2. The van der Waals surface area contributed by atoms with Gasteiger partial charge >= 0.3 is 0 Å². The van der Waals surface area contributed by atoms with Crippen LogP contribution >= 0.6 is 0 Å². The number of hydrogen-bond donors (Lipinski definition) is 0. The van der Waals surface area contributed by atoms with Crippen LogP contribution in [0.1, 0.15) is 84.9 Å². The van der Waals surface area contributed by atoms with Gasteiger partial charge in [-0.1, -0.05) is 49.9 Å². The SMILES string of the molecule is O=C(CCN1CCCCCC1)c1ccc(C(=O)CCN2CCCCCC2)cc1. The van der Waals surface area contributed by atoms with Gasteiger partial charge in [0, 0.05) is 37.1 Å². The Hall–Kier alpha value is -1.52. The number of carbonyl (C=O) groups is 2. The zero-order chi connectivity index (χ0) is 19.6. The fraction of sp³-hybridized carbons (Fsp3) is 0.667. The molecule has 0 unspecified atom stereocenters. The smallest absolute Gasteiger partial charge is 0.164 e. The van der Waals surface area contributed by atoms with E-state index < -0.39 is 0 Å². The van der Waals surface area contributed by atoms with Gasteiger partial charge in [0.2, 0.25) is 0 Å². The number of benzene rings is 1. The Morgan fingerprint density at radius 2 is 0.893 bits per heavy atom. The Bertz CT molecular complexity index is 555. The summed E-state index contributed by atoms with van der Waals surface area (Å²) in [5.74, 6) is 0.376. The van der Waals surface area contributed by atoms with Crippen molar-refractivity contribution in [3.63, 3.8) is 0 Å². The highest BCUT2D eigenvalue weighted by Crippen LogP contribution is 2.14. The van der Waals surface area contributed by atoms with Crippen molar-refractivity contribution in [1.82, 2.24) is 9.80 Å². The summed E-state index contributed by atoms with van der Waals surface area (Å²) < 4.78 is 0. The molecule has 4 heteroatoms. The first-order valence-electron chi connectivity index (χ1n) is 11.3. The quantitative estimate of drug-likeness (QED) is 0.615. The van der Waals surface area contributed by atoms with Gasteiger partial charge in [-0.2, -0.15) is 0 Å². The lowest BCUT2D eigenvalue weighted by Gasteiger charge is -2.19. The Labute approximate surface area is 170 Å². The van der Waals surface area contributed by atoms with Gasteiger partial charge in [-0.3, -0.25) is 9.59 Å². The molecule has 2 heterocycles. The normalized spacial score (nSPS) is 19.7. The lowest BCUT2D eigenvalue weighted by molar-refractivity contribution is 0.0953. The molecule has 28 heavy (non-hydrogen) atoms. The first-order chi connectivity index (χ1) is 13.7. The second kappa shape index (κ2) is 11.5. The Kier molecular flexibility index (Phi) is 8.69. The van der Waals surface area contributed by atoms with E-state index >= 15 is 0 Å². The third-order valence-electron chi connectivity index (χ3n) is 6.24. The number of likely N-dealkylation sites (tertiary alicyclic amines) is 2. The van der Waals surface area contributed by atoms with E-state index in [0.29, 0.717) is 12.8 Å².